The van der Waals surface area contributed by atoms with E-state index in [4.69, 9.17) is 4.42 Å². The first kappa shape index (κ1) is 12.0. The van der Waals surface area contributed by atoms with Crippen molar-refractivity contribution in [3.05, 3.63) is 53.7 Å². The van der Waals surface area contributed by atoms with Gasteiger partial charge in [0.1, 0.15) is 11.5 Å². The van der Waals surface area contributed by atoms with Gasteiger partial charge in [0.15, 0.2) is 0 Å². The minimum Gasteiger partial charge on any atom is -0.465 e. The average molecular weight is 255 g/mol. The SMILES string of the molecule is CNCc1cc(Cn2cnc3ccccc32)c(C)o1. The summed E-state index contributed by atoms with van der Waals surface area (Å²) in [7, 11) is 1.92. The molecular formula is C15H17N3O. The van der Waals surface area contributed by atoms with E-state index >= 15 is 0 Å². The van der Waals surface area contributed by atoms with Crippen LogP contribution in [0.15, 0.2) is 41.1 Å². The third kappa shape index (κ3) is 2.27. The molecule has 3 aromatic rings. The molecule has 0 aliphatic heterocycles. The van der Waals surface area contributed by atoms with Crippen molar-refractivity contribution in [3.63, 3.8) is 0 Å². The quantitative estimate of drug-likeness (QED) is 0.779. The molecule has 19 heavy (non-hydrogen) atoms. The maximum atomic E-state index is 5.72. The van der Waals surface area contributed by atoms with Crippen LogP contribution < -0.4 is 5.32 Å². The lowest BCUT2D eigenvalue weighted by Gasteiger charge is -2.02. The van der Waals surface area contributed by atoms with Crippen LogP contribution in [0.3, 0.4) is 0 Å². The van der Waals surface area contributed by atoms with Gasteiger partial charge >= 0.3 is 0 Å². The van der Waals surface area contributed by atoms with Crippen molar-refractivity contribution in [2.45, 2.75) is 20.0 Å². The third-order valence-corrected chi connectivity index (χ3v) is 3.29. The molecule has 0 aliphatic rings. The van der Waals surface area contributed by atoms with E-state index in [2.05, 4.69) is 27.0 Å². The lowest BCUT2D eigenvalue weighted by molar-refractivity contribution is 0.468. The molecule has 0 unspecified atom stereocenters. The Morgan fingerprint density at radius 3 is 3.00 bits per heavy atom. The summed E-state index contributed by atoms with van der Waals surface area (Å²) >= 11 is 0. The van der Waals surface area contributed by atoms with Gasteiger partial charge in [-0.1, -0.05) is 12.1 Å². The smallest absolute Gasteiger partial charge is 0.118 e. The molecule has 4 heteroatoms. The number of rotatable bonds is 4. The maximum Gasteiger partial charge on any atom is 0.118 e. The second-order valence-electron chi connectivity index (χ2n) is 4.69. The normalized spacial score (nSPS) is 11.3. The number of fused-ring (bicyclic) bond motifs is 1. The lowest BCUT2D eigenvalue weighted by atomic mass is 10.2. The standard InChI is InChI=1S/C15H17N3O/c1-11-12(7-13(19-11)8-16-2)9-18-10-17-14-5-3-4-6-15(14)18/h3-7,10,16H,8-9H2,1-2H3. The monoisotopic (exact) mass is 255 g/mol. The van der Waals surface area contributed by atoms with Crippen molar-refractivity contribution in [2.75, 3.05) is 7.05 Å². The van der Waals surface area contributed by atoms with Crippen LogP contribution >= 0.6 is 0 Å². The molecule has 0 fully saturated rings. The summed E-state index contributed by atoms with van der Waals surface area (Å²) in [4.78, 5) is 4.41. The van der Waals surface area contributed by atoms with E-state index in [0.29, 0.717) is 0 Å². The van der Waals surface area contributed by atoms with Crippen LogP contribution in [0, 0.1) is 6.92 Å². The Bertz CT molecular complexity index is 696. The topological polar surface area (TPSA) is 43.0 Å². The van der Waals surface area contributed by atoms with Gasteiger partial charge in [0.2, 0.25) is 0 Å². The molecule has 2 heterocycles. The number of aromatic nitrogens is 2. The highest BCUT2D eigenvalue weighted by Gasteiger charge is 2.09. The summed E-state index contributed by atoms with van der Waals surface area (Å²) in [6, 6.07) is 10.3. The summed E-state index contributed by atoms with van der Waals surface area (Å²) < 4.78 is 7.87. The molecule has 1 aromatic carbocycles. The first-order chi connectivity index (χ1) is 9.28. The van der Waals surface area contributed by atoms with Crippen LogP contribution in [0.4, 0.5) is 0 Å². The Hall–Kier alpha value is -2.07. The molecule has 0 amide bonds. The van der Waals surface area contributed by atoms with Crippen molar-refractivity contribution in [3.8, 4) is 0 Å². The minimum atomic E-state index is 0.755. The summed E-state index contributed by atoms with van der Waals surface area (Å²) in [5, 5.41) is 3.10. The van der Waals surface area contributed by atoms with E-state index in [1.807, 2.05) is 38.5 Å². The van der Waals surface area contributed by atoms with Crippen molar-refractivity contribution in [2.24, 2.45) is 0 Å². The molecule has 0 bridgehead atoms. The maximum absolute atomic E-state index is 5.72. The van der Waals surface area contributed by atoms with E-state index in [0.717, 1.165) is 35.6 Å². The fourth-order valence-electron chi connectivity index (χ4n) is 2.33. The van der Waals surface area contributed by atoms with Gasteiger partial charge in [-0.05, 0) is 32.2 Å². The number of nitrogens with zero attached hydrogens (tertiary/aromatic N) is 2. The van der Waals surface area contributed by atoms with Gasteiger partial charge in [0.05, 0.1) is 30.5 Å². The Labute approximate surface area is 112 Å². The molecule has 0 aliphatic carbocycles. The fraction of sp³-hybridized carbons (Fsp3) is 0.267. The van der Waals surface area contributed by atoms with Gasteiger partial charge in [-0.25, -0.2) is 4.98 Å². The van der Waals surface area contributed by atoms with Crippen LogP contribution in [0.25, 0.3) is 11.0 Å². The fourth-order valence-corrected chi connectivity index (χ4v) is 2.33. The molecule has 4 nitrogen and oxygen atoms in total. The first-order valence-corrected chi connectivity index (χ1v) is 6.40. The summed E-state index contributed by atoms with van der Waals surface area (Å²) in [6.45, 7) is 3.55. The van der Waals surface area contributed by atoms with Crippen LogP contribution in [0.5, 0.6) is 0 Å². The minimum absolute atomic E-state index is 0.755. The number of imidazole rings is 1. The molecule has 0 saturated carbocycles. The predicted octanol–water partition coefficient (Wildman–Crippen LogP) is 2.71. The number of furan rings is 1. The second-order valence-corrected chi connectivity index (χ2v) is 4.69. The van der Waals surface area contributed by atoms with Gasteiger partial charge in [-0.15, -0.1) is 0 Å². The first-order valence-electron chi connectivity index (χ1n) is 6.40. The highest BCUT2D eigenvalue weighted by Crippen LogP contribution is 2.19. The zero-order valence-electron chi connectivity index (χ0n) is 11.2. The van der Waals surface area contributed by atoms with Crippen LogP contribution in [-0.2, 0) is 13.1 Å². The van der Waals surface area contributed by atoms with Crippen LogP contribution in [-0.4, -0.2) is 16.6 Å². The molecule has 2 aromatic heterocycles. The highest BCUT2D eigenvalue weighted by molar-refractivity contribution is 5.75. The van der Waals surface area contributed by atoms with E-state index in [1.54, 1.807) is 0 Å². The van der Waals surface area contributed by atoms with E-state index < -0.39 is 0 Å². The number of hydrogen-bond acceptors (Lipinski definition) is 3. The van der Waals surface area contributed by atoms with Gasteiger partial charge in [0, 0.05) is 5.56 Å². The third-order valence-electron chi connectivity index (χ3n) is 3.29. The highest BCUT2D eigenvalue weighted by atomic mass is 16.3. The molecular weight excluding hydrogens is 238 g/mol. The Morgan fingerprint density at radius 1 is 1.32 bits per heavy atom. The van der Waals surface area contributed by atoms with Crippen molar-refractivity contribution in [1.82, 2.24) is 14.9 Å². The molecule has 1 N–H and O–H groups in total. The number of hydrogen-bond donors (Lipinski definition) is 1. The molecule has 0 radical (unpaired) electrons. The lowest BCUT2D eigenvalue weighted by Crippen LogP contribution is -2.03. The Kier molecular flexibility index (Phi) is 3.09. The van der Waals surface area contributed by atoms with E-state index in [-0.39, 0.29) is 0 Å². The van der Waals surface area contributed by atoms with Gasteiger partial charge in [-0.3, -0.25) is 0 Å². The largest absolute Gasteiger partial charge is 0.465 e. The summed E-state index contributed by atoms with van der Waals surface area (Å²) in [6.07, 6.45) is 1.88. The van der Waals surface area contributed by atoms with Crippen molar-refractivity contribution >= 4 is 11.0 Å². The summed E-state index contributed by atoms with van der Waals surface area (Å²) in [5.41, 5.74) is 3.38. The molecule has 98 valence electrons. The number of benzene rings is 1. The molecule has 0 saturated heterocycles. The van der Waals surface area contributed by atoms with E-state index in [1.165, 1.54) is 5.56 Å². The molecule has 0 spiro atoms. The van der Waals surface area contributed by atoms with Crippen LogP contribution in [0.2, 0.25) is 0 Å². The Balaban J connectivity index is 1.92. The average Bonchev–Trinajstić information content (AvgIpc) is 2.96. The zero-order valence-corrected chi connectivity index (χ0v) is 11.2. The van der Waals surface area contributed by atoms with Crippen molar-refractivity contribution < 1.29 is 4.42 Å². The number of aryl methyl sites for hydroxylation is 1. The van der Waals surface area contributed by atoms with E-state index in [9.17, 15) is 0 Å². The molecule has 3 rings (SSSR count). The van der Waals surface area contributed by atoms with Gasteiger partial charge in [0.25, 0.3) is 0 Å². The number of para-hydroxylation sites is 2. The van der Waals surface area contributed by atoms with Gasteiger partial charge < -0.3 is 14.3 Å². The number of nitrogens with one attached hydrogen (secondary N) is 1. The zero-order chi connectivity index (χ0) is 13.2. The Morgan fingerprint density at radius 2 is 2.16 bits per heavy atom. The van der Waals surface area contributed by atoms with Crippen molar-refractivity contribution in [1.29, 1.82) is 0 Å². The van der Waals surface area contributed by atoms with Crippen LogP contribution in [0.1, 0.15) is 17.1 Å². The predicted molar refractivity (Wildman–Crippen MR) is 75.0 cm³/mol. The molecule has 0 atom stereocenters. The second kappa shape index (κ2) is 4.90. The van der Waals surface area contributed by atoms with Gasteiger partial charge in [-0.2, -0.15) is 0 Å². The summed E-state index contributed by atoms with van der Waals surface area (Å²) in [5.74, 6) is 1.95.